The van der Waals surface area contributed by atoms with Crippen LogP contribution in [0.5, 0.6) is 5.75 Å². The number of fused-ring (bicyclic) bond motifs is 1. The third-order valence-electron chi connectivity index (χ3n) is 4.23. The second-order valence-corrected chi connectivity index (χ2v) is 7.67. The largest absolute Gasteiger partial charge is 0.488 e. The lowest BCUT2D eigenvalue weighted by molar-refractivity contribution is 0.0506. The predicted molar refractivity (Wildman–Crippen MR) is 96.3 cm³/mol. The van der Waals surface area contributed by atoms with Crippen LogP contribution in [0, 0.1) is 0 Å². The van der Waals surface area contributed by atoms with Crippen molar-refractivity contribution in [2.75, 3.05) is 25.0 Å². The zero-order chi connectivity index (χ0) is 17.9. The summed E-state index contributed by atoms with van der Waals surface area (Å²) in [6.07, 6.45) is 2.90. The fourth-order valence-electron chi connectivity index (χ4n) is 3.09. The molecule has 2 unspecified atom stereocenters. The van der Waals surface area contributed by atoms with Crippen molar-refractivity contribution in [3.63, 3.8) is 0 Å². The first-order valence-electron chi connectivity index (χ1n) is 9.01. The van der Waals surface area contributed by atoms with E-state index in [1.165, 1.54) is 0 Å². The SMILES string of the molecule is CC(C)(C)OC(=O)NCC1Cc2cc(NCC3CCCO3)ccc2O1. The van der Waals surface area contributed by atoms with Gasteiger partial charge in [-0.25, -0.2) is 4.79 Å². The van der Waals surface area contributed by atoms with Crippen molar-refractivity contribution in [2.45, 2.75) is 57.8 Å². The summed E-state index contributed by atoms with van der Waals surface area (Å²) in [7, 11) is 0. The number of ether oxygens (including phenoxy) is 3. The number of hydrogen-bond acceptors (Lipinski definition) is 5. The highest BCUT2D eigenvalue weighted by atomic mass is 16.6. The summed E-state index contributed by atoms with van der Waals surface area (Å²) in [6, 6.07) is 6.13. The van der Waals surface area contributed by atoms with Crippen LogP contribution in [0.2, 0.25) is 0 Å². The minimum Gasteiger partial charge on any atom is -0.488 e. The summed E-state index contributed by atoms with van der Waals surface area (Å²) in [5, 5.41) is 6.21. The van der Waals surface area contributed by atoms with Crippen LogP contribution in [0.1, 0.15) is 39.2 Å². The van der Waals surface area contributed by atoms with Gasteiger partial charge in [-0.05, 0) is 57.4 Å². The third-order valence-corrected chi connectivity index (χ3v) is 4.23. The minimum atomic E-state index is -0.493. The van der Waals surface area contributed by atoms with E-state index in [0.717, 1.165) is 49.4 Å². The molecule has 0 aliphatic carbocycles. The molecule has 3 rings (SSSR count). The van der Waals surface area contributed by atoms with Gasteiger partial charge in [-0.1, -0.05) is 0 Å². The quantitative estimate of drug-likeness (QED) is 0.856. The van der Waals surface area contributed by atoms with Gasteiger partial charge in [0, 0.05) is 25.3 Å². The zero-order valence-corrected chi connectivity index (χ0v) is 15.3. The number of nitrogens with one attached hydrogen (secondary N) is 2. The molecule has 1 aromatic rings. The Morgan fingerprint density at radius 3 is 2.84 bits per heavy atom. The Hall–Kier alpha value is -1.95. The Morgan fingerprint density at radius 1 is 1.28 bits per heavy atom. The lowest BCUT2D eigenvalue weighted by Gasteiger charge is -2.20. The number of rotatable bonds is 5. The van der Waals surface area contributed by atoms with Gasteiger partial charge < -0.3 is 24.8 Å². The van der Waals surface area contributed by atoms with Crippen LogP contribution in [0.4, 0.5) is 10.5 Å². The molecule has 1 amide bonds. The van der Waals surface area contributed by atoms with Gasteiger partial charge in [0.1, 0.15) is 17.5 Å². The molecule has 0 spiro atoms. The molecule has 0 bridgehead atoms. The summed E-state index contributed by atoms with van der Waals surface area (Å²) in [6.45, 7) is 7.68. The van der Waals surface area contributed by atoms with Gasteiger partial charge in [0.05, 0.1) is 12.6 Å². The van der Waals surface area contributed by atoms with E-state index in [-0.39, 0.29) is 6.10 Å². The number of amides is 1. The van der Waals surface area contributed by atoms with E-state index in [1.54, 1.807) is 0 Å². The molecule has 2 heterocycles. The number of carbonyl (C=O) groups excluding carboxylic acids is 1. The van der Waals surface area contributed by atoms with Gasteiger partial charge >= 0.3 is 6.09 Å². The molecule has 1 aromatic carbocycles. The molecular formula is C19H28N2O4. The van der Waals surface area contributed by atoms with Crippen molar-refractivity contribution in [1.29, 1.82) is 0 Å². The molecule has 2 atom stereocenters. The summed E-state index contributed by atoms with van der Waals surface area (Å²) in [5.41, 5.74) is 1.75. The Morgan fingerprint density at radius 2 is 2.12 bits per heavy atom. The van der Waals surface area contributed by atoms with Crippen molar-refractivity contribution >= 4 is 11.8 Å². The predicted octanol–water partition coefficient (Wildman–Crippen LogP) is 3.11. The van der Waals surface area contributed by atoms with Gasteiger partial charge in [-0.3, -0.25) is 0 Å². The van der Waals surface area contributed by atoms with E-state index in [2.05, 4.69) is 16.7 Å². The van der Waals surface area contributed by atoms with Gasteiger partial charge in [-0.2, -0.15) is 0 Å². The van der Waals surface area contributed by atoms with Crippen molar-refractivity contribution in [2.24, 2.45) is 0 Å². The molecule has 1 fully saturated rings. The normalized spacial score (nSPS) is 22.2. The monoisotopic (exact) mass is 348 g/mol. The molecule has 2 N–H and O–H groups in total. The van der Waals surface area contributed by atoms with Crippen LogP contribution in [-0.4, -0.2) is 43.6 Å². The molecule has 25 heavy (non-hydrogen) atoms. The van der Waals surface area contributed by atoms with Crippen LogP contribution in [0.15, 0.2) is 18.2 Å². The first-order chi connectivity index (χ1) is 11.9. The molecule has 138 valence electrons. The lowest BCUT2D eigenvalue weighted by atomic mass is 10.1. The van der Waals surface area contributed by atoms with E-state index >= 15 is 0 Å². The Balaban J connectivity index is 1.46. The summed E-state index contributed by atoms with van der Waals surface area (Å²) in [5.74, 6) is 0.888. The smallest absolute Gasteiger partial charge is 0.407 e. The highest BCUT2D eigenvalue weighted by molar-refractivity contribution is 5.67. The molecular weight excluding hydrogens is 320 g/mol. The number of alkyl carbamates (subject to hydrolysis) is 1. The maximum absolute atomic E-state index is 11.7. The van der Waals surface area contributed by atoms with Gasteiger partial charge in [0.15, 0.2) is 0 Å². The van der Waals surface area contributed by atoms with Gasteiger partial charge in [-0.15, -0.1) is 0 Å². The van der Waals surface area contributed by atoms with Crippen molar-refractivity contribution in [3.05, 3.63) is 23.8 Å². The first-order valence-corrected chi connectivity index (χ1v) is 9.01. The molecule has 0 aromatic heterocycles. The molecule has 2 aliphatic rings. The highest BCUT2D eigenvalue weighted by Gasteiger charge is 2.25. The van der Waals surface area contributed by atoms with Crippen LogP contribution >= 0.6 is 0 Å². The Labute approximate surface area is 149 Å². The van der Waals surface area contributed by atoms with Crippen LogP contribution < -0.4 is 15.4 Å². The van der Waals surface area contributed by atoms with Gasteiger partial charge in [0.25, 0.3) is 0 Å². The standard InChI is InChI=1S/C19H28N2O4/c1-19(2,3)25-18(22)21-12-16-10-13-9-14(6-7-17(13)24-16)20-11-15-5-4-8-23-15/h6-7,9,15-16,20H,4-5,8,10-12H2,1-3H3,(H,21,22). The number of anilines is 1. The van der Waals surface area contributed by atoms with E-state index in [1.807, 2.05) is 32.9 Å². The molecule has 6 nitrogen and oxygen atoms in total. The highest BCUT2D eigenvalue weighted by Crippen LogP contribution is 2.31. The van der Waals surface area contributed by atoms with Crippen molar-refractivity contribution in [3.8, 4) is 5.75 Å². The van der Waals surface area contributed by atoms with E-state index in [9.17, 15) is 4.79 Å². The zero-order valence-electron chi connectivity index (χ0n) is 15.3. The Bertz CT molecular complexity index is 606. The fraction of sp³-hybridized carbons (Fsp3) is 0.632. The van der Waals surface area contributed by atoms with Crippen molar-refractivity contribution < 1.29 is 19.0 Å². The maximum atomic E-state index is 11.7. The Kier molecular flexibility index (Phi) is 5.37. The number of hydrogen-bond donors (Lipinski definition) is 2. The summed E-state index contributed by atoms with van der Waals surface area (Å²) >= 11 is 0. The van der Waals surface area contributed by atoms with Crippen LogP contribution in [-0.2, 0) is 15.9 Å². The van der Waals surface area contributed by atoms with Gasteiger partial charge in [0.2, 0.25) is 0 Å². The summed E-state index contributed by atoms with van der Waals surface area (Å²) < 4.78 is 16.8. The van der Waals surface area contributed by atoms with E-state index in [0.29, 0.717) is 12.6 Å². The topological polar surface area (TPSA) is 68.8 Å². The van der Waals surface area contributed by atoms with E-state index < -0.39 is 11.7 Å². The molecule has 2 aliphatic heterocycles. The van der Waals surface area contributed by atoms with Crippen molar-refractivity contribution in [1.82, 2.24) is 5.32 Å². The number of benzene rings is 1. The number of carbonyl (C=O) groups is 1. The van der Waals surface area contributed by atoms with Crippen LogP contribution in [0.25, 0.3) is 0 Å². The average molecular weight is 348 g/mol. The summed E-state index contributed by atoms with van der Waals surface area (Å²) in [4.78, 5) is 11.7. The molecule has 0 radical (unpaired) electrons. The molecule has 0 saturated carbocycles. The van der Waals surface area contributed by atoms with Crippen LogP contribution in [0.3, 0.4) is 0 Å². The lowest BCUT2D eigenvalue weighted by Crippen LogP contribution is -2.38. The maximum Gasteiger partial charge on any atom is 0.407 e. The van der Waals surface area contributed by atoms with E-state index in [4.69, 9.17) is 14.2 Å². The minimum absolute atomic E-state index is 0.0593. The third kappa shape index (κ3) is 5.26. The average Bonchev–Trinajstić information content (AvgIpc) is 3.18. The second-order valence-electron chi connectivity index (χ2n) is 7.67. The first kappa shape index (κ1) is 17.9. The molecule has 1 saturated heterocycles. The molecule has 6 heteroatoms. The fourth-order valence-corrected chi connectivity index (χ4v) is 3.09. The second kappa shape index (κ2) is 7.52.